The second-order valence-corrected chi connectivity index (χ2v) is 6.42. The van der Waals surface area contributed by atoms with Gasteiger partial charge >= 0.3 is 0 Å². The molecule has 1 aromatic rings. The molecule has 0 aromatic heterocycles. The van der Waals surface area contributed by atoms with E-state index in [0.717, 1.165) is 5.56 Å². The molecule has 82 valence electrons. The van der Waals surface area contributed by atoms with Gasteiger partial charge in [0, 0.05) is 10.7 Å². The van der Waals surface area contributed by atoms with Crippen LogP contribution in [0.1, 0.15) is 5.56 Å². The fourth-order valence-corrected chi connectivity index (χ4v) is 1.77. The zero-order chi connectivity index (χ0) is 11.5. The van der Waals surface area contributed by atoms with Crippen LogP contribution in [0.4, 0.5) is 0 Å². The van der Waals surface area contributed by atoms with Crippen molar-refractivity contribution in [3.63, 3.8) is 0 Å². The quantitative estimate of drug-likeness (QED) is 0.796. The van der Waals surface area contributed by atoms with E-state index in [-0.39, 0.29) is 5.75 Å². The number of benzene rings is 1. The van der Waals surface area contributed by atoms with Crippen molar-refractivity contribution in [1.29, 1.82) is 0 Å². The van der Waals surface area contributed by atoms with Gasteiger partial charge in [-0.1, -0.05) is 41.4 Å². The Balaban J connectivity index is 2.78. The number of rotatable bonds is 3. The molecule has 1 aromatic carbocycles. The molecule has 0 fully saturated rings. The Labute approximate surface area is 103 Å². The number of hydrogen-bond donors (Lipinski definition) is 0. The molecule has 0 amide bonds. The van der Waals surface area contributed by atoms with E-state index in [1.54, 1.807) is 24.3 Å². The standard InChI is InChI=1S/C9H7Cl3O2S/c10-8-4-3-7(6-9(8)11)2-1-5-15(12,13)14/h1-4,6H,5H2. The maximum absolute atomic E-state index is 10.6. The van der Waals surface area contributed by atoms with Gasteiger partial charge in [-0.2, -0.15) is 0 Å². The minimum atomic E-state index is -3.49. The molecule has 15 heavy (non-hydrogen) atoms. The molecule has 0 saturated heterocycles. The van der Waals surface area contributed by atoms with Gasteiger partial charge < -0.3 is 0 Å². The average molecular weight is 286 g/mol. The summed E-state index contributed by atoms with van der Waals surface area (Å²) in [6, 6.07) is 5.01. The third-order valence-electron chi connectivity index (χ3n) is 1.55. The van der Waals surface area contributed by atoms with Crippen molar-refractivity contribution in [3.05, 3.63) is 39.9 Å². The third-order valence-corrected chi connectivity index (χ3v) is 3.26. The zero-order valence-electron chi connectivity index (χ0n) is 7.45. The predicted octanol–water partition coefficient (Wildman–Crippen LogP) is 3.58. The van der Waals surface area contributed by atoms with Crippen LogP contribution >= 0.6 is 33.9 Å². The molecular formula is C9H7Cl3O2S. The van der Waals surface area contributed by atoms with Crippen LogP contribution in [-0.2, 0) is 9.05 Å². The molecule has 0 saturated carbocycles. The van der Waals surface area contributed by atoms with Crippen LogP contribution < -0.4 is 0 Å². The molecule has 0 atom stereocenters. The first-order valence-corrected chi connectivity index (χ1v) is 7.16. The topological polar surface area (TPSA) is 34.1 Å². The normalized spacial score (nSPS) is 12.2. The Bertz CT molecular complexity index is 480. The van der Waals surface area contributed by atoms with Crippen LogP contribution in [0, 0.1) is 0 Å². The third kappa shape index (κ3) is 4.89. The van der Waals surface area contributed by atoms with E-state index >= 15 is 0 Å². The second-order valence-electron chi connectivity index (χ2n) is 2.78. The largest absolute Gasteiger partial charge is 0.236 e. The molecule has 0 spiro atoms. The van der Waals surface area contributed by atoms with Crippen molar-refractivity contribution < 1.29 is 8.42 Å². The number of halogens is 3. The average Bonchev–Trinajstić information content (AvgIpc) is 2.09. The van der Waals surface area contributed by atoms with Crippen LogP contribution in [-0.4, -0.2) is 14.2 Å². The smallest absolute Gasteiger partial charge is 0.212 e. The molecule has 0 unspecified atom stereocenters. The Morgan fingerprint density at radius 1 is 1.20 bits per heavy atom. The van der Waals surface area contributed by atoms with Gasteiger partial charge in [0.05, 0.1) is 15.8 Å². The molecule has 2 nitrogen and oxygen atoms in total. The lowest BCUT2D eigenvalue weighted by Gasteiger charge is -1.97. The summed E-state index contributed by atoms with van der Waals surface area (Å²) in [5, 5.41) is 0.881. The molecule has 0 N–H and O–H groups in total. The molecule has 0 heterocycles. The molecule has 1 rings (SSSR count). The summed E-state index contributed by atoms with van der Waals surface area (Å²) in [5.41, 5.74) is 0.768. The van der Waals surface area contributed by atoms with Crippen molar-refractivity contribution in [2.75, 3.05) is 5.75 Å². The highest BCUT2D eigenvalue weighted by atomic mass is 35.7. The van der Waals surface area contributed by atoms with E-state index in [2.05, 4.69) is 0 Å². The highest BCUT2D eigenvalue weighted by Gasteiger charge is 2.00. The van der Waals surface area contributed by atoms with Crippen LogP contribution in [0.3, 0.4) is 0 Å². The van der Waals surface area contributed by atoms with Gasteiger partial charge in [0.15, 0.2) is 0 Å². The fourth-order valence-electron chi connectivity index (χ4n) is 0.915. The highest BCUT2D eigenvalue weighted by Crippen LogP contribution is 2.23. The maximum atomic E-state index is 10.6. The molecule has 0 aliphatic rings. The Kier molecular flexibility index (Phi) is 4.46. The van der Waals surface area contributed by atoms with Crippen LogP contribution in [0.2, 0.25) is 10.0 Å². The fraction of sp³-hybridized carbons (Fsp3) is 0.111. The lowest BCUT2D eigenvalue weighted by molar-refractivity contribution is 0.612. The summed E-state index contributed by atoms with van der Waals surface area (Å²) >= 11 is 11.5. The van der Waals surface area contributed by atoms with Gasteiger partial charge in [0.25, 0.3) is 0 Å². The summed E-state index contributed by atoms with van der Waals surface area (Å²) < 4.78 is 21.2. The Hall–Kier alpha value is -0.220. The first-order chi connectivity index (χ1) is 6.88. The predicted molar refractivity (Wildman–Crippen MR) is 65.1 cm³/mol. The highest BCUT2D eigenvalue weighted by molar-refractivity contribution is 8.13. The van der Waals surface area contributed by atoms with Gasteiger partial charge in [-0.15, -0.1) is 0 Å². The summed E-state index contributed by atoms with van der Waals surface area (Å²) in [6.45, 7) is 0. The summed E-state index contributed by atoms with van der Waals surface area (Å²) in [5.74, 6) is -0.213. The lowest BCUT2D eigenvalue weighted by atomic mass is 10.2. The maximum Gasteiger partial charge on any atom is 0.236 e. The van der Waals surface area contributed by atoms with Crippen molar-refractivity contribution in [1.82, 2.24) is 0 Å². The van der Waals surface area contributed by atoms with Crippen LogP contribution in [0.25, 0.3) is 6.08 Å². The molecule has 0 aliphatic heterocycles. The Morgan fingerprint density at radius 2 is 1.87 bits per heavy atom. The summed E-state index contributed by atoms with van der Waals surface area (Å²) in [6.07, 6.45) is 3.06. The van der Waals surface area contributed by atoms with Crippen LogP contribution in [0.15, 0.2) is 24.3 Å². The van der Waals surface area contributed by atoms with E-state index in [4.69, 9.17) is 33.9 Å². The van der Waals surface area contributed by atoms with Gasteiger partial charge in [-0.05, 0) is 17.7 Å². The van der Waals surface area contributed by atoms with E-state index < -0.39 is 9.05 Å². The second kappa shape index (κ2) is 5.21. The first kappa shape index (κ1) is 12.8. The summed E-state index contributed by atoms with van der Waals surface area (Å²) in [7, 11) is 1.54. The first-order valence-electron chi connectivity index (χ1n) is 3.92. The molecule has 0 bridgehead atoms. The lowest BCUT2D eigenvalue weighted by Crippen LogP contribution is -1.91. The zero-order valence-corrected chi connectivity index (χ0v) is 10.5. The van der Waals surface area contributed by atoms with Crippen LogP contribution in [0.5, 0.6) is 0 Å². The van der Waals surface area contributed by atoms with Crippen molar-refractivity contribution in [2.24, 2.45) is 0 Å². The SMILES string of the molecule is O=S(=O)(Cl)CC=Cc1ccc(Cl)c(Cl)c1. The van der Waals surface area contributed by atoms with E-state index in [1.165, 1.54) is 6.08 Å². The monoisotopic (exact) mass is 284 g/mol. The van der Waals surface area contributed by atoms with E-state index in [1.807, 2.05) is 0 Å². The van der Waals surface area contributed by atoms with Gasteiger partial charge in [-0.25, -0.2) is 8.42 Å². The molecular weight excluding hydrogens is 279 g/mol. The Morgan fingerprint density at radius 3 is 2.40 bits per heavy atom. The van der Waals surface area contributed by atoms with E-state index in [0.29, 0.717) is 10.0 Å². The van der Waals surface area contributed by atoms with Gasteiger partial charge in [-0.3, -0.25) is 0 Å². The van der Waals surface area contributed by atoms with Gasteiger partial charge in [0.2, 0.25) is 9.05 Å². The van der Waals surface area contributed by atoms with Crippen molar-refractivity contribution >= 4 is 49.0 Å². The minimum absolute atomic E-state index is 0.213. The molecule has 0 aliphatic carbocycles. The van der Waals surface area contributed by atoms with Crippen molar-refractivity contribution in [3.8, 4) is 0 Å². The minimum Gasteiger partial charge on any atom is -0.212 e. The van der Waals surface area contributed by atoms with E-state index in [9.17, 15) is 8.42 Å². The molecule has 6 heteroatoms. The molecule has 0 radical (unpaired) electrons. The van der Waals surface area contributed by atoms with Gasteiger partial charge in [0.1, 0.15) is 0 Å². The summed E-state index contributed by atoms with van der Waals surface area (Å²) in [4.78, 5) is 0. The number of hydrogen-bond acceptors (Lipinski definition) is 2. The van der Waals surface area contributed by atoms with Crippen molar-refractivity contribution in [2.45, 2.75) is 0 Å².